The molecule has 1 aromatic heterocycles. The smallest absolute Gasteiger partial charge is 0.276 e. The van der Waals surface area contributed by atoms with Crippen molar-refractivity contribution < 1.29 is 14.0 Å². The van der Waals surface area contributed by atoms with E-state index in [9.17, 15) is 9.59 Å². The molecule has 3 heterocycles. The lowest BCUT2D eigenvalue weighted by molar-refractivity contribution is -0.133. The molecular formula is C19H29N3O3. The Balaban J connectivity index is 1.61. The second kappa shape index (κ2) is 7.58. The molecular weight excluding hydrogens is 318 g/mol. The van der Waals surface area contributed by atoms with Gasteiger partial charge in [0.1, 0.15) is 5.76 Å². The van der Waals surface area contributed by atoms with Crippen LogP contribution in [0, 0.1) is 12.8 Å². The van der Waals surface area contributed by atoms with E-state index in [4.69, 9.17) is 4.42 Å². The van der Waals surface area contributed by atoms with Gasteiger partial charge in [0, 0.05) is 38.5 Å². The molecule has 6 nitrogen and oxygen atoms in total. The van der Waals surface area contributed by atoms with Crippen LogP contribution < -0.4 is 0 Å². The Morgan fingerprint density at radius 1 is 1.12 bits per heavy atom. The number of carbonyl (C=O) groups is 2. The van der Waals surface area contributed by atoms with Crippen LogP contribution in [-0.2, 0) is 4.79 Å². The zero-order chi connectivity index (χ0) is 18.0. The molecule has 1 aromatic rings. The second-order valence-electron chi connectivity index (χ2n) is 7.71. The van der Waals surface area contributed by atoms with Crippen LogP contribution in [0.25, 0.3) is 0 Å². The summed E-state index contributed by atoms with van der Waals surface area (Å²) in [5.41, 5.74) is 0.468. The molecule has 0 bridgehead atoms. The molecule has 6 heteroatoms. The van der Waals surface area contributed by atoms with Gasteiger partial charge in [0.05, 0.1) is 0 Å². The minimum atomic E-state index is -0.00505. The Labute approximate surface area is 149 Å². The summed E-state index contributed by atoms with van der Waals surface area (Å²) < 4.78 is 5.83. The summed E-state index contributed by atoms with van der Waals surface area (Å²) in [6.45, 7) is 9.08. The van der Waals surface area contributed by atoms with Crippen molar-refractivity contribution in [3.05, 3.63) is 17.3 Å². The van der Waals surface area contributed by atoms with Crippen LogP contribution in [-0.4, -0.2) is 52.8 Å². The van der Waals surface area contributed by atoms with Gasteiger partial charge in [-0.2, -0.15) is 0 Å². The number of aryl methyl sites for hydroxylation is 1. The number of hydrogen-bond acceptors (Lipinski definition) is 4. The molecule has 2 amide bonds. The summed E-state index contributed by atoms with van der Waals surface area (Å²) in [4.78, 5) is 33.1. The Kier molecular flexibility index (Phi) is 5.45. The predicted octanol–water partition coefficient (Wildman–Crippen LogP) is 2.97. The van der Waals surface area contributed by atoms with E-state index < -0.39 is 0 Å². The molecule has 0 N–H and O–H groups in total. The maximum atomic E-state index is 12.6. The van der Waals surface area contributed by atoms with E-state index in [1.54, 1.807) is 0 Å². The van der Waals surface area contributed by atoms with Crippen molar-refractivity contribution in [2.45, 2.75) is 58.8 Å². The van der Waals surface area contributed by atoms with Crippen LogP contribution in [0.4, 0.5) is 0 Å². The molecule has 0 radical (unpaired) electrons. The summed E-state index contributed by atoms with van der Waals surface area (Å²) in [5.74, 6) is 2.10. The lowest BCUT2D eigenvalue weighted by Gasteiger charge is -2.31. The molecule has 2 aliphatic rings. The van der Waals surface area contributed by atoms with Gasteiger partial charge in [-0.25, -0.2) is 4.98 Å². The summed E-state index contributed by atoms with van der Waals surface area (Å²) in [6.07, 6.45) is 4.44. The first-order valence-corrected chi connectivity index (χ1v) is 9.50. The number of nitrogens with zero attached hydrogens (tertiary/aromatic N) is 3. The summed E-state index contributed by atoms with van der Waals surface area (Å²) in [6, 6.07) is 0. The lowest BCUT2D eigenvalue weighted by Crippen LogP contribution is -2.38. The minimum absolute atomic E-state index is 0.00505. The second-order valence-corrected chi connectivity index (χ2v) is 7.71. The van der Waals surface area contributed by atoms with Gasteiger partial charge in [0.2, 0.25) is 5.91 Å². The molecule has 0 saturated carbocycles. The van der Waals surface area contributed by atoms with Crippen LogP contribution >= 0.6 is 0 Å². The van der Waals surface area contributed by atoms with Crippen molar-refractivity contribution in [1.82, 2.24) is 14.8 Å². The van der Waals surface area contributed by atoms with Gasteiger partial charge in [0.15, 0.2) is 11.6 Å². The first-order chi connectivity index (χ1) is 12.0. The van der Waals surface area contributed by atoms with E-state index in [2.05, 4.69) is 18.8 Å². The number of aromatic nitrogens is 1. The predicted molar refractivity (Wildman–Crippen MR) is 94.4 cm³/mol. The SMILES string of the molecule is Cc1oc(C2CCN(C(=O)CC(C)C)CC2)nc1C(=O)N1CCCC1. The van der Waals surface area contributed by atoms with Crippen LogP contribution in [0.1, 0.15) is 74.0 Å². The molecule has 2 saturated heterocycles. The van der Waals surface area contributed by atoms with Crippen LogP contribution in [0.2, 0.25) is 0 Å². The highest BCUT2D eigenvalue weighted by Gasteiger charge is 2.30. The monoisotopic (exact) mass is 347 g/mol. The van der Waals surface area contributed by atoms with Crippen molar-refractivity contribution in [2.75, 3.05) is 26.2 Å². The number of carbonyl (C=O) groups excluding carboxylic acids is 2. The Morgan fingerprint density at radius 3 is 2.36 bits per heavy atom. The maximum absolute atomic E-state index is 12.6. The molecule has 0 atom stereocenters. The Morgan fingerprint density at radius 2 is 1.76 bits per heavy atom. The van der Waals surface area contributed by atoms with Crippen LogP contribution in [0.3, 0.4) is 0 Å². The van der Waals surface area contributed by atoms with Crippen LogP contribution in [0.15, 0.2) is 4.42 Å². The topological polar surface area (TPSA) is 66.7 Å². The summed E-state index contributed by atoms with van der Waals surface area (Å²) in [5, 5.41) is 0. The standard InChI is InChI=1S/C19H29N3O3/c1-13(2)12-16(23)21-10-6-15(7-11-21)18-20-17(14(3)25-18)19(24)22-8-4-5-9-22/h13,15H,4-12H2,1-3H3. The van der Waals surface area contributed by atoms with Gasteiger partial charge in [-0.15, -0.1) is 0 Å². The van der Waals surface area contributed by atoms with Gasteiger partial charge in [-0.1, -0.05) is 13.8 Å². The zero-order valence-corrected chi connectivity index (χ0v) is 15.6. The van der Waals surface area contributed by atoms with E-state index >= 15 is 0 Å². The summed E-state index contributed by atoms with van der Waals surface area (Å²) >= 11 is 0. The normalized spacial score (nSPS) is 19.0. The van der Waals surface area contributed by atoms with Crippen LogP contribution in [0.5, 0.6) is 0 Å². The number of hydrogen-bond donors (Lipinski definition) is 0. The molecule has 0 aromatic carbocycles. The van der Waals surface area contributed by atoms with Gasteiger partial charge in [-0.3, -0.25) is 9.59 Å². The third-order valence-electron chi connectivity index (χ3n) is 5.19. The maximum Gasteiger partial charge on any atom is 0.276 e. The first kappa shape index (κ1) is 18.0. The molecule has 0 unspecified atom stereocenters. The van der Waals surface area contributed by atoms with E-state index in [1.165, 1.54) is 0 Å². The highest BCUT2D eigenvalue weighted by atomic mass is 16.4. The lowest BCUT2D eigenvalue weighted by atomic mass is 9.96. The quantitative estimate of drug-likeness (QED) is 0.840. The Bertz CT molecular complexity index is 624. The van der Waals surface area contributed by atoms with Crippen molar-refractivity contribution in [3.8, 4) is 0 Å². The van der Waals surface area contributed by atoms with E-state index in [1.807, 2.05) is 16.7 Å². The van der Waals surface area contributed by atoms with Crippen molar-refractivity contribution in [1.29, 1.82) is 0 Å². The number of amides is 2. The molecule has 0 spiro atoms. The molecule has 0 aliphatic carbocycles. The molecule has 25 heavy (non-hydrogen) atoms. The fourth-order valence-corrected chi connectivity index (χ4v) is 3.71. The average molecular weight is 347 g/mol. The van der Waals surface area contributed by atoms with Gasteiger partial charge < -0.3 is 14.2 Å². The molecule has 2 fully saturated rings. The number of rotatable bonds is 4. The van der Waals surface area contributed by atoms with Gasteiger partial charge >= 0.3 is 0 Å². The fourth-order valence-electron chi connectivity index (χ4n) is 3.71. The van der Waals surface area contributed by atoms with Crippen molar-refractivity contribution in [2.24, 2.45) is 5.92 Å². The average Bonchev–Trinajstić information content (AvgIpc) is 3.23. The van der Waals surface area contributed by atoms with Gasteiger partial charge in [0.25, 0.3) is 5.91 Å². The van der Waals surface area contributed by atoms with E-state index in [-0.39, 0.29) is 17.7 Å². The minimum Gasteiger partial charge on any atom is -0.445 e. The fraction of sp³-hybridized carbons (Fsp3) is 0.737. The molecule has 2 aliphatic heterocycles. The largest absolute Gasteiger partial charge is 0.445 e. The highest BCUT2D eigenvalue weighted by Crippen LogP contribution is 2.30. The first-order valence-electron chi connectivity index (χ1n) is 9.50. The van der Waals surface area contributed by atoms with E-state index in [0.717, 1.165) is 51.9 Å². The summed E-state index contributed by atoms with van der Waals surface area (Å²) in [7, 11) is 0. The molecule has 138 valence electrons. The van der Waals surface area contributed by atoms with Crippen molar-refractivity contribution in [3.63, 3.8) is 0 Å². The number of piperidine rings is 1. The third-order valence-corrected chi connectivity index (χ3v) is 5.19. The Hall–Kier alpha value is -1.85. The van der Waals surface area contributed by atoms with Crippen molar-refractivity contribution >= 4 is 11.8 Å². The highest BCUT2D eigenvalue weighted by molar-refractivity contribution is 5.93. The third kappa shape index (κ3) is 4.05. The molecule has 3 rings (SSSR count). The number of oxazole rings is 1. The van der Waals surface area contributed by atoms with Gasteiger partial charge in [-0.05, 0) is 38.5 Å². The van der Waals surface area contributed by atoms with E-state index in [0.29, 0.717) is 29.7 Å². The number of likely N-dealkylation sites (tertiary alicyclic amines) is 2. The zero-order valence-electron chi connectivity index (χ0n) is 15.6.